The van der Waals surface area contributed by atoms with Gasteiger partial charge in [0.1, 0.15) is 6.54 Å². The third-order valence-corrected chi connectivity index (χ3v) is 5.21. The first-order chi connectivity index (χ1) is 10.9. The van der Waals surface area contributed by atoms with E-state index < -0.39 is 10.0 Å². The normalized spacial score (nSPS) is 16.6. The Morgan fingerprint density at radius 3 is 2.46 bits per heavy atom. The maximum absolute atomic E-state index is 12.3. The first kappa shape index (κ1) is 23.4. The van der Waals surface area contributed by atoms with E-state index in [9.17, 15) is 8.42 Å². The summed E-state index contributed by atoms with van der Waals surface area (Å²) in [5.74, 6) is 3.25. The monoisotopic (exact) mass is 472 g/mol. The summed E-state index contributed by atoms with van der Waals surface area (Å²) in [5.41, 5.74) is 0. The molecule has 0 aliphatic carbocycles. The van der Waals surface area contributed by atoms with E-state index in [-0.39, 0.29) is 42.4 Å². The summed E-state index contributed by atoms with van der Waals surface area (Å²) in [6.07, 6.45) is 5.29. The highest BCUT2D eigenvalue weighted by Gasteiger charge is 2.27. The number of rotatable bonds is 7. The number of piperazine rings is 1. The van der Waals surface area contributed by atoms with Crippen molar-refractivity contribution in [2.45, 2.75) is 26.9 Å². The molecule has 1 N–H and O–H groups in total. The van der Waals surface area contributed by atoms with Gasteiger partial charge in [-0.25, -0.2) is 13.4 Å². The van der Waals surface area contributed by atoms with Gasteiger partial charge in [0.05, 0.1) is 18.5 Å². The van der Waals surface area contributed by atoms with Crippen LogP contribution in [0.15, 0.2) is 4.99 Å². The van der Waals surface area contributed by atoms with Crippen LogP contribution in [0.1, 0.15) is 20.8 Å². The van der Waals surface area contributed by atoms with Crippen LogP contribution in [-0.4, -0.2) is 81.3 Å². The van der Waals surface area contributed by atoms with Crippen molar-refractivity contribution in [1.82, 2.24) is 14.5 Å². The Labute approximate surface area is 163 Å². The first-order valence-corrected chi connectivity index (χ1v) is 9.57. The second kappa shape index (κ2) is 11.9. The van der Waals surface area contributed by atoms with E-state index >= 15 is 0 Å². The van der Waals surface area contributed by atoms with Crippen molar-refractivity contribution in [2.75, 3.05) is 51.6 Å². The van der Waals surface area contributed by atoms with Crippen LogP contribution in [-0.2, 0) is 14.8 Å². The highest BCUT2D eigenvalue weighted by Crippen LogP contribution is 2.09. The molecule has 140 valence electrons. The molecule has 0 atom stereocenters. The Hall–Kier alpha value is -0.570. The van der Waals surface area contributed by atoms with Gasteiger partial charge in [0.25, 0.3) is 0 Å². The number of sulfonamides is 1. The summed E-state index contributed by atoms with van der Waals surface area (Å²) in [6, 6.07) is 0. The fourth-order valence-corrected chi connectivity index (χ4v) is 3.53. The Morgan fingerprint density at radius 2 is 1.96 bits per heavy atom. The summed E-state index contributed by atoms with van der Waals surface area (Å²) in [5, 5.41) is 3.18. The van der Waals surface area contributed by atoms with Crippen LogP contribution < -0.4 is 5.32 Å². The lowest BCUT2D eigenvalue weighted by Crippen LogP contribution is -2.54. The molecule has 0 amide bonds. The van der Waals surface area contributed by atoms with E-state index in [1.54, 1.807) is 0 Å². The molecule has 0 bridgehead atoms. The van der Waals surface area contributed by atoms with Crippen molar-refractivity contribution in [3.8, 4) is 12.3 Å². The molecule has 9 heteroatoms. The molecule has 0 spiro atoms. The molecule has 0 aromatic carbocycles. The Kier molecular flexibility index (Phi) is 11.6. The number of ether oxygens (including phenoxy) is 1. The third kappa shape index (κ3) is 8.00. The van der Waals surface area contributed by atoms with Gasteiger partial charge < -0.3 is 15.0 Å². The molecule has 24 heavy (non-hydrogen) atoms. The molecule has 0 unspecified atom stereocenters. The molecule has 7 nitrogen and oxygen atoms in total. The minimum absolute atomic E-state index is 0. The Bertz CT molecular complexity index is 523. The van der Waals surface area contributed by atoms with E-state index in [4.69, 9.17) is 11.2 Å². The van der Waals surface area contributed by atoms with Crippen molar-refractivity contribution in [1.29, 1.82) is 0 Å². The van der Waals surface area contributed by atoms with E-state index in [2.05, 4.69) is 16.2 Å². The number of halogens is 1. The predicted octanol–water partition coefficient (Wildman–Crippen LogP) is 0.576. The van der Waals surface area contributed by atoms with Crippen molar-refractivity contribution < 1.29 is 13.2 Å². The fourth-order valence-electron chi connectivity index (χ4n) is 2.24. The average molecular weight is 472 g/mol. The van der Waals surface area contributed by atoms with Crippen LogP contribution in [0.2, 0.25) is 0 Å². The van der Waals surface area contributed by atoms with Gasteiger partial charge in [0.2, 0.25) is 10.0 Å². The number of guanidine groups is 1. The maximum Gasteiger partial charge on any atom is 0.216 e. The second-order valence-electron chi connectivity index (χ2n) is 5.50. The molecule has 1 rings (SSSR count). The predicted molar refractivity (Wildman–Crippen MR) is 108 cm³/mol. The second-order valence-corrected chi connectivity index (χ2v) is 7.58. The van der Waals surface area contributed by atoms with Gasteiger partial charge in [0, 0.05) is 32.7 Å². The number of nitrogens with one attached hydrogen (secondary N) is 1. The molecular weight excluding hydrogens is 443 g/mol. The number of hydrogen-bond donors (Lipinski definition) is 1. The molecular formula is C15H29IN4O3S. The van der Waals surface area contributed by atoms with Crippen molar-refractivity contribution >= 4 is 40.0 Å². The number of terminal acetylenes is 1. The van der Waals surface area contributed by atoms with Crippen LogP contribution in [0.5, 0.6) is 0 Å². The van der Waals surface area contributed by atoms with E-state index in [0.29, 0.717) is 32.7 Å². The van der Waals surface area contributed by atoms with Crippen molar-refractivity contribution in [3.63, 3.8) is 0 Å². The SMILES string of the molecule is C#CCN=C(NCC)N1CCN(S(=O)(=O)CCOC(C)C)CC1.I. The quantitative estimate of drug-likeness (QED) is 0.254. The smallest absolute Gasteiger partial charge is 0.216 e. The number of nitrogens with zero attached hydrogens (tertiary/aromatic N) is 3. The molecule has 1 heterocycles. The summed E-state index contributed by atoms with van der Waals surface area (Å²) >= 11 is 0. The van der Waals surface area contributed by atoms with Gasteiger partial charge in [-0.3, -0.25) is 0 Å². The minimum Gasteiger partial charge on any atom is -0.378 e. The largest absolute Gasteiger partial charge is 0.378 e. The highest BCUT2D eigenvalue weighted by atomic mass is 127. The van der Waals surface area contributed by atoms with Crippen LogP contribution in [0, 0.1) is 12.3 Å². The highest BCUT2D eigenvalue weighted by molar-refractivity contribution is 14.0. The average Bonchev–Trinajstić information content (AvgIpc) is 2.51. The van der Waals surface area contributed by atoms with E-state index in [1.807, 2.05) is 25.7 Å². The maximum atomic E-state index is 12.3. The zero-order valence-electron chi connectivity index (χ0n) is 14.7. The summed E-state index contributed by atoms with van der Waals surface area (Å²) < 4.78 is 31.5. The Morgan fingerprint density at radius 1 is 1.33 bits per heavy atom. The molecule has 0 saturated carbocycles. The van der Waals surface area contributed by atoms with E-state index in [1.165, 1.54) is 4.31 Å². The standard InChI is InChI=1S/C15H28N4O3S.HI/c1-5-7-17-15(16-6-2)18-8-10-19(11-9-18)23(20,21)13-12-22-14(3)4;/h1,14H,6-13H2,2-4H3,(H,16,17);1H. The lowest BCUT2D eigenvalue weighted by atomic mass is 10.4. The zero-order valence-corrected chi connectivity index (χ0v) is 17.8. The van der Waals surface area contributed by atoms with Gasteiger partial charge >= 0.3 is 0 Å². The Balaban J connectivity index is 0.00000529. The van der Waals surface area contributed by atoms with Gasteiger partial charge in [-0.1, -0.05) is 5.92 Å². The topological polar surface area (TPSA) is 74.2 Å². The summed E-state index contributed by atoms with van der Waals surface area (Å²) in [6.45, 7) is 9.15. The fraction of sp³-hybridized carbons (Fsp3) is 0.800. The molecule has 1 saturated heterocycles. The minimum atomic E-state index is -3.27. The van der Waals surface area contributed by atoms with Crippen LogP contribution in [0.3, 0.4) is 0 Å². The molecule has 0 aromatic heterocycles. The van der Waals surface area contributed by atoms with Gasteiger partial charge in [0.15, 0.2) is 5.96 Å². The molecule has 1 aliphatic heterocycles. The van der Waals surface area contributed by atoms with E-state index in [0.717, 1.165) is 12.5 Å². The summed E-state index contributed by atoms with van der Waals surface area (Å²) in [7, 11) is -3.27. The lowest BCUT2D eigenvalue weighted by Gasteiger charge is -2.35. The summed E-state index contributed by atoms with van der Waals surface area (Å²) in [4.78, 5) is 6.36. The molecule has 0 aromatic rings. The van der Waals surface area contributed by atoms with Gasteiger partial charge in [-0.2, -0.15) is 4.31 Å². The molecule has 0 radical (unpaired) electrons. The van der Waals surface area contributed by atoms with Gasteiger partial charge in [-0.15, -0.1) is 30.4 Å². The van der Waals surface area contributed by atoms with Crippen LogP contribution >= 0.6 is 24.0 Å². The van der Waals surface area contributed by atoms with Crippen molar-refractivity contribution in [2.24, 2.45) is 4.99 Å². The number of hydrogen-bond acceptors (Lipinski definition) is 4. The molecule has 1 aliphatic rings. The van der Waals surface area contributed by atoms with Gasteiger partial charge in [-0.05, 0) is 20.8 Å². The third-order valence-electron chi connectivity index (χ3n) is 3.38. The van der Waals surface area contributed by atoms with Crippen LogP contribution in [0.4, 0.5) is 0 Å². The van der Waals surface area contributed by atoms with Crippen molar-refractivity contribution in [3.05, 3.63) is 0 Å². The number of aliphatic imine (C=N–C) groups is 1. The first-order valence-electron chi connectivity index (χ1n) is 7.96. The lowest BCUT2D eigenvalue weighted by molar-refractivity contribution is 0.0904. The molecule has 1 fully saturated rings. The zero-order chi connectivity index (χ0) is 17.3. The van der Waals surface area contributed by atoms with Crippen LogP contribution in [0.25, 0.3) is 0 Å².